The molecule has 4 rings (SSSR count). The third kappa shape index (κ3) is 3.85. The molecular weight excluding hydrogens is 351 g/mol. The molecule has 8 heteroatoms. The molecule has 1 spiro atoms. The van der Waals surface area contributed by atoms with Gasteiger partial charge in [0, 0.05) is 26.2 Å². The van der Waals surface area contributed by atoms with E-state index in [9.17, 15) is 9.18 Å². The number of anilines is 1. The van der Waals surface area contributed by atoms with E-state index < -0.39 is 5.82 Å². The number of nitrogens with zero attached hydrogens (tertiary/aromatic N) is 4. The van der Waals surface area contributed by atoms with Gasteiger partial charge in [0.05, 0.1) is 31.9 Å². The van der Waals surface area contributed by atoms with Crippen LogP contribution in [-0.2, 0) is 9.53 Å². The highest BCUT2D eigenvalue weighted by Crippen LogP contribution is 2.34. The molecule has 1 aliphatic carbocycles. The Balaban J connectivity index is 1.42. The van der Waals surface area contributed by atoms with Crippen molar-refractivity contribution >= 4 is 11.9 Å². The number of aromatic nitrogens is 2. The Bertz CT molecular complexity index is 690. The zero-order valence-corrected chi connectivity index (χ0v) is 15.8. The zero-order chi connectivity index (χ0) is 18.9. The molecular formula is C19H27FN4O3. The van der Waals surface area contributed by atoms with E-state index in [0.29, 0.717) is 44.5 Å². The lowest BCUT2D eigenvalue weighted by molar-refractivity contribution is -0.132. The van der Waals surface area contributed by atoms with Crippen LogP contribution in [0, 0.1) is 11.7 Å². The van der Waals surface area contributed by atoms with Crippen LogP contribution in [0.25, 0.3) is 0 Å². The fourth-order valence-corrected chi connectivity index (χ4v) is 4.20. The third-order valence-electron chi connectivity index (χ3n) is 6.11. The first-order valence-corrected chi connectivity index (χ1v) is 9.82. The highest BCUT2D eigenvalue weighted by molar-refractivity contribution is 5.76. The van der Waals surface area contributed by atoms with Crippen LogP contribution in [0.2, 0.25) is 0 Å². The molecule has 2 aliphatic heterocycles. The predicted octanol–water partition coefficient (Wildman–Crippen LogP) is 2.01. The van der Waals surface area contributed by atoms with Crippen molar-refractivity contribution in [1.29, 1.82) is 0 Å². The summed E-state index contributed by atoms with van der Waals surface area (Å²) < 4.78 is 24.7. The first-order valence-electron chi connectivity index (χ1n) is 9.82. The summed E-state index contributed by atoms with van der Waals surface area (Å²) in [6.45, 7) is 3.44. The number of ether oxygens (including phenoxy) is 2. The molecule has 7 nitrogen and oxygen atoms in total. The normalized spacial score (nSPS) is 23.3. The van der Waals surface area contributed by atoms with Gasteiger partial charge in [-0.25, -0.2) is 4.98 Å². The van der Waals surface area contributed by atoms with Crippen LogP contribution >= 0.6 is 0 Å². The second-order valence-corrected chi connectivity index (χ2v) is 7.87. The molecule has 1 saturated carbocycles. The van der Waals surface area contributed by atoms with Gasteiger partial charge >= 0.3 is 0 Å². The number of hydrogen-bond donors (Lipinski definition) is 0. The summed E-state index contributed by atoms with van der Waals surface area (Å²) in [6, 6.07) is 0. The lowest BCUT2D eigenvalue weighted by Gasteiger charge is -2.43. The van der Waals surface area contributed by atoms with E-state index in [2.05, 4.69) is 9.97 Å². The Morgan fingerprint density at radius 3 is 2.81 bits per heavy atom. The van der Waals surface area contributed by atoms with Gasteiger partial charge in [-0.2, -0.15) is 9.37 Å². The van der Waals surface area contributed by atoms with Gasteiger partial charge in [-0.1, -0.05) is 6.42 Å². The van der Waals surface area contributed by atoms with Crippen molar-refractivity contribution in [3.8, 4) is 5.88 Å². The monoisotopic (exact) mass is 378 g/mol. The topological polar surface area (TPSA) is 67.8 Å². The summed E-state index contributed by atoms with van der Waals surface area (Å²) in [4.78, 5) is 24.8. The molecule has 1 amide bonds. The molecule has 1 aromatic heterocycles. The van der Waals surface area contributed by atoms with Crippen molar-refractivity contribution < 1.29 is 18.7 Å². The number of carbonyl (C=O) groups excluding carboxylic acids is 1. The Hall–Kier alpha value is -1.96. The molecule has 0 bridgehead atoms. The quantitative estimate of drug-likeness (QED) is 0.799. The van der Waals surface area contributed by atoms with Gasteiger partial charge in [0.2, 0.25) is 17.7 Å². The number of halogens is 1. The van der Waals surface area contributed by atoms with Gasteiger partial charge in [0.25, 0.3) is 5.88 Å². The second kappa shape index (κ2) is 7.58. The van der Waals surface area contributed by atoms with Gasteiger partial charge in [0.15, 0.2) is 0 Å². The summed E-state index contributed by atoms with van der Waals surface area (Å²) >= 11 is 0. The van der Waals surface area contributed by atoms with Crippen molar-refractivity contribution in [1.82, 2.24) is 14.9 Å². The Morgan fingerprint density at radius 2 is 2.15 bits per heavy atom. The predicted molar refractivity (Wildman–Crippen MR) is 97.2 cm³/mol. The maximum Gasteiger partial charge on any atom is 0.255 e. The van der Waals surface area contributed by atoms with Crippen LogP contribution in [0.5, 0.6) is 5.88 Å². The molecule has 3 aliphatic rings. The van der Waals surface area contributed by atoms with Crippen LogP contribution in [0.3, 0.4) is 0 Å². The molecule has 0 N–H and O–H groups in total. The highest BCUT2D eigenvalue weighted by Gasteiger charge is 2.41. The summed E-state index contributed by atoms with van der Waals surface area (Å²) in [6.07, 6.45) is 6.95. The standard InChI is InChI=1S/C19H27FN4O3/c1-26-17-15(20)11-21-18(22-17)23-8-6-19(7-9-23)13-24(12-14-3-2-4-14)16(25)5-10-27-19/h11,14H,2-10,12-13H2,1H3. The fourth-order valence-electron chi connectivity index (χ4n) is 4.20. The Labute approximate surface area is 158 Å². The molecule has 27 heavy (non-hydrogen) atoms. The van der Waals surface area contributed by atoms with Gasteiger partial charge in [-0.15, -0.1) is 0 Å². The smallest absolute Gasteiger partial charge is 0.255 e. The van der Waals surface area contributed by atoms with Crippen LogP contribution in [0.1, 0.15) is 38.5 Å². The maximum absolute atomic E-state index is 13.6. The minimum atomic E-state index is -0.563. The fraction of sp³-hybridized carbons (Fsp3) is 0.737. The summed E-state index contributed by atoms with van der Waals surface area (Å²) in [5, 5.41) is 0. The van der Waals surface area contributed by atoms with Crippen molar-refractivity contribution in [3.63, 3.8) is 0 Å². The van der Waals surface area contributed by atoms with E-state index in [1.165, 1.54) is 26.4 Å². The molecule has 3 fully saturated rings. The summed E-state index contributed by atoms with van der Waals surface area (Å²) in [5.74, 6) is 0.742. The van der Waals surface area contributed by atoms with Gasteiger partial charge in [0.1, 0.15) is 0 Å². The Morgan fingerprint density at radius 1 is 1.37 bits per heavy atom. The average Bonchev–Trinajstić information content (AvgIpc) is 2.79. The van der Waals surface area contributed by atoms with E-state index in [1.807, 2.05) is 9.80 Å². The van der Waals surface area contributed by atoms with Crippen LogP contribution < -0.4 is 9.64 Å². The molecule has 1 aromatic rings. The number of piperidine rings is 1. The molecule has 2 saturated heterocycles. The minimum absolute atomic E-state index is 0.0386. The van der Waals surface area contributed by atoms with E-state index >= 15 is 0 Å². The third-order valence-corrected chi connectivity index (χ3v) is 6.11. The molecule has 0 atom stereocenters. The van der Waals surface area contributed by atoms with Crippen LogP contribution in [0.4, 0.5) is 10.3 Å². The largest absolute Gasteiger partial charge is 0.479 e. The van der Waals surface area contributed by atoms with Gasteiger partial charge in [-0.3, -0.25) is 4.79 Å². The lowest BCUT2D eigenvalue weighted by Crippen LogP contribution is -2.53. The van der Waals surface area contributed by atoms with E-state index in [0.717, 1.165) is 25.6 Å². The highest BCUT2D eigenvalue weighted by atomic mass is 19.1. The number of methoxy groups -OCH3 is 1. The van der Waals surface area contributed by atoms with Crippen molar-refractivity contribution in [3.05, 3.63) is 12.0 Å². The van der Waals surface area contributed by atoms with Crippen molar-refractivity contribution in [2.24, 2.45) is 5.92 Å². The number of hydrogen-bond acceptors (Lipinski definition) is 6. The molecule has 0 unspecified atom stereocenters. The number of rotatable bonds is 4. The van der Waals surface area contributed by atoms with E-state index in [-0.39, 0.29) is 17.4 Å². The van der Waals surface area contributed by atoms with Crippen LogP contribution in [0.15, 0.2) is 6.20 Å². The summed E-state index contributed by atoms with van der Waals surface area (Å²) in [5.41, 5.74) is -0.295. The van der Waals surface area contributed by atoms with Gasteiger partial charge < -0.3 is 19.3 Å². The number of amides is 1. The first-order chi connectivity index (χ1) is 13.1. The lowest BCUT2D eigenvalue weighted by atomic mass is 9.84. The Kier molecular flexibility index (Phi) is 5.16. The molecule has 148 valence electrons. The number of carbonyl (C=O) groups is 1. The average molecular weight is 378 g/mol. The first kappa shape index (κ1) is 18.4. The zero-order valence-electron chi connectivity index (χ0n) is 15.8. The maximum atomic E-state index is 13.6. The van der Waals surface area contributed by atoms with Crippen molar-refractivity contribution in [2.45, 2.75) is 44.1 Å². The minimum Gasteiger partial charge on any atom is -0.479 e. The van der Waals surface area contributed by atoms with E-state index in [1.54, 1.807) is 0 Å². The van der Waals surface area contributed by atoms with Gasteiger partial charge in [-0.05, 0) is 31.6 Å². The van der Waals surface area contributed by atoms with Crippen LogP contribution in [-0.4, -0.2) is 66.3 Å². The SMILES string of the molecule is COc1nc(N2CCC3(CC2)CN(CC2CCC2)C(=O)CCO3)ncc1F. The molecule has 3 heterocycles. The second-order valence-electron chi connectivity index (χ2n) is 7.87. The van der Waals surface area contributed by atoms with Crippen molar-refractivity contribution in [2.75, 3.05) is 44.8 Å². The molecule has 0 aromatic carbocycles. The summed E-state index contributed by atoms with van der Waals surface area (Å²) in [7, 11) is 1.40. The van der Waals surface area contributed by atoms with E-state index in [4.69, 9.17) is 9.47 Å². The molecule has 0 radical (unpaired) electrons.